The molecule has 0 radical (unpaired) electrons. The lowest BCUT2D eigenvalue weighted by molar-refractivity contribution is 0.583. The fraction of sp³-hybridized carbons (Fsp3) is 0.154. The Morgan fingerprint density at radius 3 is 2.24 bits per heavy atom. The third-order valence-electron chi connectivity index (χ3n) is 2.45. The largest absolute Gasteiger partial charge is 0.378 e. The number of aromatic nitrogens is 1. The molecule has 0 aliphatic carbocycles. The predicted molar refractivity (Wildman–Crippen MR) is 62.6 cm³/mol. The minimum atomic E-state index is -0.588. The molecule has 17 heavy (non-hydrogen) atoms. The van der Waals surface area contributed by atoms with E-state index in [1.165, 1.54) is 12.1 Å². The number of hydrogen-bond donors (Lipinski definition) is 1. The van der Waals surface area contributed by atoms with E-state index in [4.69, 9.17) is 0 Å². The van der Waals surface area contributed by atoms with E-state index < -0.39 is 11.6 Å². The van der Waals surface area contributed by atoms with Crippen molar-refractivity contribution < 1.29 is 8.78 Å². The summed E-state index contributed by atoms with van der Waals surface area (Å²) < 4.78 is 26.0. The summed E-state index contributed by atoms with van der Waals surface area (Å²) >= 11 is 0. The highest BCUT2D eigenvalue weighted by molar-refractivity contribution is 5.45. The van der Waals surface area contributed by atoms with Crippen LogP contribution in [-0.2, 0) is 0 Å². The molecule has 2 nitrogen and oxygen atoms in total. The Kier molecular flexibility index (Phi) is 3.32. The zero-order valence-corrected chi connectivity index (χ0v) is 9.32. The minimum absolute atomic E-state index is 0.0424. The topological polar surface area (TPSA) is 24.9 Å². The number of hydrogen-bond acceptors (Lipinski definition) is 2. The molecule has 0 aliphatic heterocycles. The molecule has 0 bridgehead atoms. The maximum Gasteiger partial charge on any atom is 0.128 e. The average Bonchev–Trinajstić information content (AvgIpc) is 2.28. The van der Waals surface area contributed by atoms with Crippen molar-refractivity contribution >= 4 is 5.69 Å². The molecular formula is C13H12F2N2. The lowest BCUT2D eigenvalue weighted by Crippen LogP contribution is -2.07. The van der Waals surface area contributed by atoms with Crippen LogP contribution < -0.4 is 5.32 Å². The van der Waals surface area contributed by atoms with Crippen molar-refractivity contribution in [3.63, 3.8) is 0 Å². The van der Waals surface area contributed by atoms with E-state index in [9.17, 15) is 8.78 Å². The molecule has 1 unspecified atom stereocenters. The fourth-order valence-corrected chi connectivity index (χ4v) is 1.62. The van der Waals surface area contributed by atoms with Crippen LogP contribution in [0.25, 0.3) is 0 Å². The van der Waals surface area contributed by atoms with Crippen LogP contribution in [0.3, 0.4) is 0 Å². The van der Waals surface area contributed by atoms with Gasteiger partial charge in [0.2, 0.25) is 0 Å². The summed E-state index contributed by atoms with van der Waals surface area (Å²) in [6.07, 6.45) is 3.36. The SMILES string of the molecule is CC(Nc1cc(F)cc(F)c1)c1ccncc1. The molecule has 0 amide bonds. The standard InChI is InChI=1S/C13H12F2N2/c1-9(10-2-4-16-5-3-10)17-13-7-11(14)6-12(15)8-13/h2-9,17H,1H3. The van der Waals surface area contributed by atoms with Crippen molar-refractivity contribution in [3.05, 3.63) is 59.9 Å². The van der Waals surface area contributed by atoms with Gasteiger partial charge in [-0.1, -0.05) is 0 Å². The normalized spacial score (nSPS) is 12.2. The molecule has 0 fully saturated rings. The van der Waals surface area contributed by atoms with Crippen molar-refractivity contribution in [2.45, 2.75) is 13.0 Å². The van der Waals surface area contributed by atoms with Crippen LogP contribution in [0.4, 0.5) is 14.5 Å². The van der Waals surface area contributed by atoms with Crippen LogP contribution in [0.1, 0.15) is 18.5 Å². The van der Waals surface area contributed by atoms with Crippen molar-refractivity contribution in [1.29, 1.82) is 0 Å². The summed E-state index contributed by atoms with van der Waals surface area (Å²) in [5, 5.41) is 3.03. The molecule has 0 saturated carbocycles. The molecule has 1 aromatic heterocycles. The first-order valence-electron chi connectivity index (χ1n) is 5.28. The van der Waals surface area contributed by atoms with Crippen LogP contribution in [0, 0.1) is 11.6 Å². The highest BCUT2D eigenvalue weighted by atomic mass is 19.1. The maximum absolute atomic E-state index is 13.0. The Morgan fingerprint density at radius 1 is 1.06 bits per heavy atom. The molecular weight excluding hydrogens is 222 g/mol. The fourth-order valence-electron chi connectivity index (χ4n) is 1.62. The van der Waals surface area contributed by atoms with Crippen molar-refractivity contribution in [2.75, 3.05) is 5.32 Å². The lowest BCUT2D eigenvalue weighted by atomic mass is 10.1. The maximum atomic E-state index is 13.0. The lowest BCUT2D eigenvalue weighted by Gasteiger charge is -2.15. The van der Waals surface area contributed by atoms with E-state index in [1.807, 2.05) is 19.1 Å². The van der Waals surface area contributed by atoms with Gasteiger partial charge in [0.15, 0.2) is 0 Å². The second-order valence-corrected chi connectivity index (χ2v) is 3.80. The number of anilines is 1. The smallest absolute Gasteiger partial charge is 0.128 e. The summed E-state index contributed by atoms with van der Waals surface area (Å²) in [6, 6.07) is 7.05. The van der Waals surface area contributed by atoms with Crippen molar-refractivity contribution in [2.24, 2.45) is 0 Å². The van der Waals surface area contributed by atoms with Crippen LogP contribution in [0.15, 0.2) is 42.7 Å². The number of pyridine rings is 1. The first-order valence-corrected chi connectivity index (χ1v) is 5.28. The molecule has 0 saturated heterocycles. The highest BCUT2D eigenvalue weighted by Crippen LogP contribution is 2.20. The number of nitrogens with zero attached hydrogens (tertiary/aromatic N) is 1. The molecule has 1 heterocycles. The average molecular weight is 234 g/mol. The van der Waals surface area contributed by atoms with Gasteiger partial charge in [-0.15, -0.1) is 0 Å². The van der Waals surface area contributed by atoms with E-state index in [0.29, 0.717) is 5.69 Å². The molecule has 1 N–H and O–H groups in total. The van der Waals surface area contributed by atoms with E-state index in [1.54, 1.807) is 12.4 Å². The number of benzene rings is 1. The number of nitrogens with one attached hydrogen (secondary N) is 1. The zero-order valence-electron chi connectivity index (χ0n) is 9.32. The Morgan fingerprint density at radius 2 is 1.65 bits per heavy atom. The third-order valence-corrected chi connectivity index (χ3v) is 2.45. The minimum Gasteiger partial charge on any atom is -0.378 e. The third kappa shape index (κ3) is 3.00. The monoisotopic (exact) mass is 234 g/mol. The van der Waals surface area contributed by atoms with Crippen LogP contribution in [0.5, 0.6) is 0 Å². The molecule has 0 spiro atoms. The molecule has 1 atom stereocenters. The van der Waals surface area contributed by atoms with Gasteiger partial charge < -0.3 is 5.32 Å². The van der Waals surface area contributed by atoms with Crippen molar-refractivity contribution in [1.82, 2.24) is 4.98 Å². The van der Waals surface area contributed by atoms with Crippen LogP contribution in [-0.4, -0.2) is 4.98 Å². The van der Waals surface area contributed by atoms with Crippen molar-refractivity contribution in [3.8, 4) is 0 Å². The Labute approximate surface area is 98.3 Å². The van der Waals surface area contributed by atoms with Gasteiger partial charge >= 0.3 is 0 Å². The molecule has 4 heteroatoms. The van der Waals surface area contributed by atoms with E-state index >= 15 is 0 Å². The first kappa shape index (κ1) is 11.5. The first-order chi connectivity index (χ1) is 8.15. The van der Waals surface area contributed by atoms with E-state index in [2.05, 4.69) is 10.3 Å². The summed E-state index contributed by atoms with van der Waals surface area (Å²) in [6.45, 7) is 1.91. The zero-order chi connectivity index (χ0) is 12.3. The summed E-state index contributed by atoms with van der Waals surface area (Å²) in [7, 11) is 0. The van der Waals surface area contributed by atoms with Gasteiger partial charge in [-0.05, 0) is 36.8 Å². The predicted octanol–water partition coefficient (Wildman–Crippen LogP) is 3.53. The molecule has 2 aromatic rings. The van der Waals surface area contributed by atoms with E-state index in [0.717, 1.165) is 11.6 Å². The quantitative estimate of drug-likeness (QED) is 0.878. The van der Waals surface area contributed by atoms with Crippen LogP contribution in [0.2, 0.25) is 0 Å². The summed E-state index contributed by atoms with van der Waals surface area (Å²) in [5.74, 6) is -1.18. The van der Waals surface area contributed by atoms with E-state index in [-0.39, 0.29) is 6.04 Å². The summed E-state index contributed by atoms with van der Waals surface area (Å²) in [5.41, 5.74) is 1.43. The molecule has 0 aliphatic rings. The van der Waals surface area contributed by atoms with Gasteiger partial charge in [0.25, 0.3) is 0 Å². The highest BCUT2D eigenvalue weighted by Gasteiger charge is 2.06. The van der Waals surface area contributed by atoms with Gasteiger partial charge in [0.05, 0.1) is 0 Å². The Bertz CT molecular complexity index is 480. The van der Waals surface area contributed by atoms with Crippen LogP contribution >= 0.6 is 0 Å². The molecule has 1 aromatic carbocycles. The Hall–Kier alpha value is -1.97. The number of halogens is 2. The van der Waals surface area contributed by atoms with Gasteiger partial charge in [0.1, 0.15) is 11.6 Å². The van der Waals surface area contributed by atoms with Gasteiger partial charge in [-0.2, -0.15) is 0 Å². The second kappa shape index (κ2) is 4.91. The van der Waals surface area contributed by atoms with Gasteiger partial charge in [0, 0.05) is 30.2 Å². The second-order valence-electron chi connectivity index (χ2n) is 3.80. The number of rotatable bonds is 3. The Balaban J connectivity index is 2.16. The summed E-state index contributed by atoms with van der Waals surface area (Å²) in [4.78, 5) is 3.92. The van der Waals surface area contributed by atoms with Gasteiger partial charge in [-0.3, -0.25) is 4.98 Å². The molecule has 2 rings (SSSR count). The molecule has 88 valence electrons. The van der Waals surface area contributed by atoms with Gasteiger partial charge in [-0.25, -0.2) is 8.78 Å².